The van der Waals surface area contributed by atoms with E-state index in [0.29, 0.717) is 57.2 Å². The summed E-state index contributed by atoms with van der Waals surface area (Å²) in [6.45, 7) is 3.95. The molecule has 32 heavy (non-hydrogen) atoms. The van der Waals surface area contributed by atoms with Gasteiger partial charge in [0.05, 0.1) is 24.9 Å². The Bertz CT molecular complexity index is 891. The molecular weight excluding hydrogens is 435 g/mol. The summed E-state index contributed by atoms with van der Waals surface area (Å²) in [6.07, 6.45) is -0.281. The van der Waals surface area contributed by atoms with Gasteiger partial charge in [-0.05, 0) is 29.8 Å². The van der Waals surface area contributed by atoms with Gasteiger partial charge in [-0.15, -0.1) is 0 Å². The van der Waals surface area contributed by atoms with E-state index in [1.807, 2.05) is 12.1 Å². The van der Waals surface area contributed by atoms with E-state index in [2.05, 4.69) is 15.1 Å². The van der Waals surface area contributed by atoms with Crippen LogP contribution in [0.1, 0.15) is 5.56 Å². The molecule has 0 spiro atoms. The molecule has 7 nitrogen and oxygen atoms in total. The number of amides is 2. The molecule has 0 bridgehead atoms. The second-order valence-electron chi connectivity index (χ2n) is 7.84. The molecule has 2 aromatic rings. The highest BCUT2D eigenvalue weighted by molar-refractivity contribution is 6.30. The highest BCUT2D eigenvalue weighted by Crippen LogP contribution is 2.17. The third-order valence-electron chi connectivity index (χ3n) is 5.40. The number of hydrogen-bond donors (Lipinski definition) is 2. The maximum atomic E-state index is 13.9. The van der Waals surface area contributed by atoms with E-state index in [-0.39, 0.29) is 18.1 Å². The summed E-state index contributed by atoms with van der Waals surface area (Å²) in [6, 6.07) is 13.3. The first-order chi connectivity index (χ1) is 15.4. The zero-order chi connectivity index (χ0) is 22.9. The first-order valence-electron chi connectivity index (χ1n) is 10.5. The maximum Gasteiger partial charge on any atom is 0.234 e. The van der Waals surface area contributed by atoms with Crippen LogP contribution in [0, 0.1) is 5.82 Å². The second kappa shape index (κ2) is 11.9. The summed E-state index contributed by atoms with van der Waals surface area (Å²) in [5.74, 6) is -0.547. The van der Waals surface area contributed by atoms with Crippen molar-refractivity contribution in [3.05, 3.63) is 64.9 Å². The average Bonchev–Trinajstić information content (AvgIpc) is 2.79. The normalized spacial score (nSPS) is 15.8. The molecule has 2 amide bonds. The fourth-order valence-corrected chi connectivity index (χ4v) is 3.78. The first kappa shape index (κ1) is 24.1. The second-order valence-corrected chi connectivity index (χ2v) is 8.28. The number of carbonyl (C=O) groups excluding carboxylic acids is 2. The molecule has 2 N–H and O–H groups in total. The maximum absolute atomic E-state index is 13.9. The van der Waals surface area contributed by atoms with Gasteiger partial charge < -0.3 is 15.3 Å². The molecule has 0 saturated carbocycles. The van der Waals surface area contributed by atoms with Crippen molar-refractivity contribution in [2.45, 2.75) is 12.6 Å². The number of benzene rings is 2. The monoisotopic (exact) mass is 462 g/mol. The Labute approximate surface area is 192 Å². The van der Waals surface area contributed by atoms with Crippen LogP contribution in [-0.4, -0.2) is 79.1 Å². The van der Waals surface area contributed by atoms with E-state index in [0.717, 1.165) is 5.56 Å². The van der Waals surface area contributed by atoms with Crippen LogP contribution < -0.4 is 10.2 Å². The summed E-state index contributed by atoms with van der Waals surface area (Å²) in [5, 5.41) is 14.0. The zero-order valence-corrected chi connectivity index (χ0v) is 18.5. The number of β-amino-alcohol motifs (C(OH)–C–C–N with tert-alkyl or cyclic N) is 1. The van der Waals surface area contributed by atoms with E-state index < -0.39 is 11.9 Å². The van der Waals surface area contributed by atoms with Crippen molar-refractivity contribution < 1.29 is 19.1 Å². The number of nitrogens with one attached hydrogen (secondary N) is 1. The molecule has 0 radical (unpaired) electrons. The number of carbonyl (C=O) groups is 2. The molecule has 1 heterocycles. The number of hydrogen-bond acceptors (Lipinski definition) is 5. The highest BCUT2D eigenvalue weighted by Gasteiger charge is 2.22. The lowest BCUT2D eigenvalue weighted by molar-refractivity contribution is -0.122. The number of piperazine rings is 1. The zero-order valence-electron chi connectivity index (χ0n) is 17.8. The lowest BCUT2D eigenvalue weighted by Crippen LogP contribution is -2.51. The Hall–Kier alpha value is -2.52. The van der Waals surface area contributed by atoms with E-state index in [1.54, 1.807) is 24.3 Å². The number of anilines is 1. The molecule has 0 aromatic heterocycles. The highest BCUT2D eigenvalue weighted by atomic mass is 35.5. The van der Waals surface area contributed by atoms with Gasteiger partial charge in [0.1, 0.15) is 5.82 Å². The van der Waals surface area contributed by atoms with Gasteiger partial charge in [0, 0.05) is 44.3 Å². The summed E-state index contributed by atoms with van der Waals surface area (Å²) in [4.78, 5) is 28.9. The minimum Gasteiger partial charge on any atom is -0.390 e. The van der Waals surface area contributed by atoms with Crippen molar-refractivity contribution in [2.75, 3.05) is 50.7 Å². The van der Waals surface area contributed by atoms with Crippen LogP contribution in [0.2, 0.25) is 5.02 Å². The van der Waals surface area contributed by atoms with Crippen LogP contribution in [0.4, 0.5) is 10.1 Å². The minimum absolute atomic E-state index is 0.0117. The van der Waals surface area contributed by atoms with Crippen LogP contribution in [-0.2, 0) is 16.1 Å². The summed E-state index contributed by atoms with van der Waals surface area (Å²) in [7, 11) is 0. The number of halogens is 2. The Morgan fingerprint density at radius 2 is 1.78 bits per heavy atom. The van der Waals surface area contributed by atoms with Crippen molar-refractivity contribution in [3.8, 4) is 0 Å². The Balaban J connectivity index is 1.37. The number of rotatable bonds is 10. The van der Waals surface area contributed by atoms with Crippen molar-refractivity contribution in [1.82, 2.24) is 15.1 Å². The molecule has 1 fully saturated rings. The third kappa shape index (κ3) is 7.27. The van der Waals surface area contributed by atoms with Gasteiger partial charge >= 0.3 is 0 Å². The molecule has 3 rings (SSSR count). The van der Waals surface area contributed by atoms with Gasteiger partial charge in [-0.1, -0.05) is 35.9 Å². The largest absolute Gasteiger partial charge is 0.390 e. The van der Waals surface area contributed by atoms with Crippen molar-refractivity contribution in [1.29, 1.82) is 0 Å². The van der Waals surface area contributed by atoms with E-state index in [4.69, 9.17) is 11.6 Å². The van der Waals surface area contributed by atoms with E-state index in [1.165, 1.54) is 17.0 Å². The van der Waals surface area contributed by atoms with Crippen LogP contribution >= 0.6 is 11.6 Å². The van der Waals surface area contributed by atoms with Crippen molar-refractivity contribution in [3.63, 3.8) is 0 Å². The van der Waals surface area contributed by atoms with Gasteiger partial charge in [0.25, 0.3) is 0 Å². The first-order valence-corrected chi connectivity index (χ1v) is 10.9. The van der Waals surface area contributed by atoms with E-state index >= 15 is 0 Å². The standard InChI is InChI=1S/C23H28ClFN4O3/c24-19-7-5-18(6-8-19)13-26-23(32)16-28-11-9-27(10-12-28)14-20(31)15-29(17-30)22-4-2-1-3-21(22)25/h1-8,17,20,31H,9-16H2,(H,26,32). The van der Waals surface area contributed by atoms with Crippen molar-refractivity contribution in [2.24, 2.45) is 0 Å². The summed E-state index contributed by atoms with van der Waals surface area (Å²) < 4.78 is 13.9. The molecule has 9 heteroatoms. The topological polar surface area (TPSA) is 76.1 Å². The number of aliphatic hydroxyl groups is 1. The minimum atomic E-state index is -0.811. The molecule has 1 atom stereocenters. The van der Waals surface area contributed by atoms with Gasteiger partial charge in [-0.25, -0.2) is 4.39 Å². The summed E-state index contributed by atoms with van der Waals surface area (Å²) >= 11 is 5.87. The third-order valence-corrected chi connectivity index (χ3v) is 5.65. The van der Waals surface area contributed by atoms with Gasteiger partial charge in [0.2, 0.25) is 12.3 Å². The Morgan fingerprint density at radius 3 is 2.44 bits per heavy atom. The van der Waals surface area contributed by atoms with Crippen LogP contribution in [0.3, 0.4) is 0 Å². The predicted molar refractivity (Wildman–Crippen MR) is 122 cm³/mol. The molecule has 2 aromatic carbocycles. The van der Waals surface area contributed by atoms with Crippen LogP contribution in [0.15, 0.2) is 48.5 Å². The quantitative estimate of drug-likeness (QED) is 0.526. The molecule has 1 aliphatic heterocycles. The fourth-order valence-electron chi connectivity index (χ4n) is 3.66. The van der Waals surface area contributed by atoms with Crippen LogP contribution in [0.5, 0.6) is 0 Å². The molecule has 0 aliphatic carbocycles. The number of nitrogens with zero attached hydrogens (tertiary/aromatic N) is 3. The van der Waals surface area contributed by atoms with Gasteiger partial charge in [-0.3, -0.25) is 19.4 Å². The smallest absolute Gasteiger partial charge is 0.234 e. The van der Waals surface area contributed by atoms with Crippen LogP contribution in [0.25, 0.3) is 0 Å². The molecule has 1 saturated heterocycles. The molecule has 1 aliphatic rings. The van der Waals surface area contributed by atoms with E-state index in [9.17, 15) is 19.1 Å². The van der Waals surface area contributed by atoms with Gasteiger partial charge in [0.15, 0.2) is 0 Å². The molecule has 172 valence electrons. The molecular formula is C23H28ClFN4O3. The SMILES string of the molecule is O=CN(CC(O)CN1CCN(CC(=O)NCc2ccc(Cl)cc2)CC1)c1ccccc1F. The lowest BCUT2D eigenvalue weighted by Gasteiger charge is -2.35. The number of aliphatic hydroxyl groups excluding tert-OH is 1. The van der Waals surface area contributed by atoms with Crippen molar-refractivity contribution >= 4 is 29.6 Å². The summed E-state index contributed by atoms with van der Waals surface area (Å²) in [5.41, 5.74) is 1.14. The fraction of sp³-hybridized carbons (Fsp3) is 0.391. The Morgan fingerprint density at radius 1 is 1.12 bits per heavy atom. The molecule has 1 unspecified atom stereocenters. The average molecular weight is 463 g/mol. The Kier molecular flexibility index (Phi) is 8.99. The lowest BCUT2D eigenvalue weighted by atomic mass is 10.2. The number of para-hydroxylation sites is 1. The predicted octanol–water partition coefficient (Wildman–Crippen LogP) is 1.74. The van der Waals surface area contributed by atoms with Gasteiger partial charge in [-0.2, -0.15) is 0 Å².